The Morgan fingerprint density at radius 3 is 2.83 bits per heavy atom. The molecule has 122 valence electrons. The lowest BCUT2D eigenvalue weighted by atomic mass is 10.1. The highest BCUT2D eigenvalue weighted by Crippen LogP contribution is 2.27. The maximum Gasteiger partial charge on any atom is 0.251 e. The summed E-state index contributed by atoms with van der Waals surface area (Å²) in [6, 6.07) is 7.88. The maximum atomic E-state index is 11.5. The molecule has 1 fully saturated rings. The molecule has 1 amide bonds. The van der Waals surface area contributed by atoms with Gasteiger partial charge in [0.25, 0.3) is 5.91 Å². The van der Waals surface area contributed by atoms with Crippen molar-refractivity contribution in [3.05, 3.63) is 53.6 Å². The van der Waals surface area contributed by atoms with Crippen molar-refractivity contribution in [1.29, 1.82) is 0 Å². The Kier molecular flexibility index (Phi) is 4.73. The number of aryl methyl sites for hydroxylation is 1. The van der Waals surface area contributed by atoms with Crippen LogP contribution < -0.4 is 10.6 Å². The fraction of sp³-hybridized carbons (Fsp3) is 0.412. The number of benzene rings is 1. The molecule has 2 aromatic rings. The molecule has 2 N–H and O–H groups in total. The van der Waals surface area contributed by atoms with Gasteiger partial charge in [-0.25, -0.2) is 4.98 Å². The van der Waals surface area contributed by atoms with Gasteiger partial charge in [-0.15, -0.1) is 0 Å². The highest BCUT2D eigenvalue weighted by molar-refractivity contribution is 5.93. The van der Waals surface area contributed by atoms with Crippen molar-refractivity contribution in [3.8, 4) is 0 Å². The summed E-state index contributed by atoms with van der Waals surface area (Å²) in [6.45, 7) is 1.48. The Labute approximate surface area is 135 Å². The summed E-state index contributed by atoms with van der Waals surface area (Å²) in [7, 11) is 3.62. The molecule has 1 saturated heterocycles. The van der Waals surface area contributed by atoms with E-state index in [9.17, 15) is 4.79 Å². The third-order valence-corrected chi connectivity index (χ3v) is 4.22. The fourth-order valence-corrected chi connectivity index (χ4v) is 2.87. The molecule has 3 rings (SSSR count). The van der Waals surface area contributed by atoms with Gasteiger partial charge in [0.15, 0.2) is 0 Å². The molecule has 0 spiro atoms. The number of aromatic nitrogens is 2. The van der Waals surface area contributed by atoms with Crippen molar-refractivity contribution in [1.82, 2.24) is 20.2 Å². The number of hydrogen-bond donors (Lipinski definition) is 2. The van der Waals surface area contributed by atoms with Crippen molar-refractivity contribution < 1.29 is 9.53 Å². The molecule has 0 radical (unpaired) electrons. The molecule has 1 aromatic heterocycles. The quantitative estimate of drug-likeness (QED) is 0.875. The van der Waals surface area contributed by atoms with Crippen molar-refractivity contribution in [2.45, 2.75) is 25.1 Å². The lowest BCUT2D eigenvalue weighted by Crippen LogP contribution is -2.32. The fourth-order valence-electron chi connectivity index (χ4n) is 2.87. The first-order valence-electron chi connectivity index (χ1n) is 7.82. The topological polar surface area (TPSA) is 68.2 Å². The molecule has 23 heavy (non-hydrogen) atoms. The van der Waals surface area contributed by atoms with E-state index < -0.39 is 0 Å². The zero-order valence-electron chi connectivity index (χ0n) is 13.5. The molecule has 0 bridgehead atoms. The lowest BCUT2D eigenvalue weighted by molar-refractivity contribution is 0.0893. The Morgan fingerprint density at radius 1 is 1.39 bits per heavy atom. The van der Waals surface area contributed by atoms with Crippen LogP contribution in [0.4, 0.5) is 0 Å². The van der Waals surface area contributed by atoms with Crippen LogP contribution in [0.1, 0.15) is 34.3 Å². The Hall–Kier alpha value is -2.18. The van der Waals surface area contributed by atoms with Crippen LogP contribution in [0.3, 0.4) is 0 Å². The lowest BCUT2D eigenvalue weighted by Gasteiger charge is -2.19. The molecule has 6 nitrogen and oxygen atoms in total. The van der Waals surface area contributed by atoms with Crippen molar-refractivity contribution in [2.75, 3.05) is 13.7 Å². The summed E-state index contributed by atoms with van der Waals surface area (Å²) in [5.41, 5.74) is 1.81. The van der Waals surface area contributed by atoms with E-state index in [0.717, 1.165) is 31.0 Å². The molecular weight excluding hydrogens is 292 g/mol. The number of carbonyl (C=O) groups is 1. The zero-order valence-corrected chi connectivity index (χ0v) is 13.5. The number of amides is 1. The van der Waals surface area contributed by atoms with Crippen molar-refractivity contribution in [2.24, 2.45) is 7.05 Å². The molecule has 0 aliphatic carbocycles. The van der Waals surface area contributed by atoms with Crippen LogP contribution in [0.15, 0.2) is 36.7 Å². The largest absolute Gasteiger partial charge is 0.369 e. The predicted molar refractivity (Wildman–Crippen MR) is 87.0 cm³/mol. The van der Waals surface area contributed by atoms with Gasteiger partial charge in [-0.3, -0.25) is 4.79 Å². The van der Waals surface area contributed by atoms with Crippen LogP contribution in [-0.4, -0.2) is 35.2 Å². The van der Waals surface area contributed by atoms with E-state index in [1.165, 1.54) is 0 Å². The van der Waals surface area contributed by atoms with Crippen LogP contribution in [-0.2, 0) is 18.3 Å². The SMILES string of the molecule is CNC(=O)c1ccc(CN[C@H]2CCO[C@@H]2c2nccn2C)cc1. The average molecular weight is 314 g/mol. The molecule has 1 aliphatic heterocycles. The second-order valence-corrected chi connectivity index (χ2v) is 5.74. The number of carbonyl (C=O) groups excluding carboxylic acids is 1. The standard InChI is InChI=1S/C17H22N4O2/c1-18-17(22)13-5-3-12(4-6-13)11-20-14-7-10-23-15(14)16-19-8-9-21(16)2/h3-6,8-9,14-15,20H,7,10-11H2,1-2H3,(H,18,22)/t14-,15-/m0/s1. The Bertz CT molecular complexity index is 665. The number of ether oxygens (including phenoxy) is 1. The summed E-state index contributed by atoms with van der Waals surface area (Å²) in [5.74, 6) is 0.888. The monoisotopic (exact) mass is 314 g/mol. The normalized spacial score (nSPS) is 20.6. The molecule has 1 aliphatic rings. The number of rotatable bonds is 5. The van der Waals surface area contributed by atoms with E-state index in [1.807, 2.05) is 42.1 Å². The first-order valence-corrected chi connectivity index (χ1v) is 7.82. The Balaban J connectivity index is 1.61. The van der Waals surface area contributed by atoms with Gasteiger partial charge in [0.2, 0.25) is 0 Å². The molecule has 0 unspecified atom stereocenters. The van der Waals surface area contributed by atoms with Gasteiger partial charge in [-0.05, 0) is 24.1 Å². The molecule has 6 heteroatoms. The van der Waals surface area contributed by atoms with Crippen LogP contribution in [0.5, 0.6) is 0 Å². The van der Waals surface area contributed by atoms with Gasteiger partial charge in [0, 0.05) is 51.2 Å². The van der Waals surface area contributed by atoms with Gasteiger partial charge in [-0.2, -0.15) is 0 Å². The summed E-state index contributed by atoms with van der Waals surface area (Å²) >= 11 is 0. The van der Waals surface area contributed by atoms with Crippen LogP contribution in [0.25, 0.3) is 0 Å². The summed E-state index contributed by atoms with van der Waals surface area (Å²) in [6.07, 6.45) is 4.69. The average Bonchev–Trinajstić information content (AvgIpc) is 3.20. The van der Waals surface area contributed by atoms with Crippen molar-refractivity contribution in [3.63, 3.8) is 0 Å². The number of nitrogens with zero attached hydrogens (tertiary/aromatic N) is 2. The van der Waals surface area contributed by atoms with Gasteiger partial charge < -0.3 is 19.9 Å². The molecule has 1 aromatic carbocycles. The van der Waals surface area contributed by atoms with Crippen molar-refractivity contribution >= 4 is 5.91 Å². The Morgan fingerprint density at radius 2 is 2.17 bits per heavy atom. The van der Waals surface area contributed by atoms with Gasteiger partial charge in [0.1, 0.15) is 11.9 Å². The highest BCUT2D eigenvalue weighted by atomic mass is 16.5. The van der Waals surface area contributed by atoms with E-state index in [1.54, 1.807) is 13.2 Å². The van der Waals surface area contributed by atoms with Crippen LogP contribution >= 0.6 is 0 Å². The van der Waals surface area contributed by atoms with Gasteiger partial charge in [0.05, 0.1) is 0 Å². The molecule has 2 heterocycles. The second kappa shape index (κ2) is 6.93. The number of imidazole rings is 1. The zero-order chi connectivity index (χ0) is 16.2. The first kappa shape index (κ1) is 15.7. The third-order valence-electron chi connectivity index (χ3n) is 4.22. The summed E-state index contributed by atoms with van der Waals surface area (Å²) in [4.78, 5) is 15.9. The third kappa shape index (κ3) is 3.43. The molecule has 0 saturated carbocycles. The summed E-state index contributed by atoms with van der Waals surface area (Å²) < 4.78 is 7.85. The maximum absolute atomic E-state index is 11.5. The minimum Gasteiger partial charge on any atom is -0.369 e. The van der Waals surface area contributed by atoms with E-state index in [4.69, 9.17) is 4.74 Å². The number of nitrogens with one attached hydrogen (secondary N) is 2. The first-order chi connectivity index (χ1) is 11.2. The van der Waals surface area contributed by atoms with Crippen LogP contribution in [0, 0.1) is 0 Å². The van der Waals surface area contributed by atoms with E-state index in [2.05, 4.69) is 15.6 Å². The minimum atomic E-state index is -0.0662. The number of hydrogen-bond acceptors (Lipinski definition) is 4. The smallest absolute Gasteiger partial charge is 0.251 e. The highest BCUT2D eigenvalue weighted by Gasteiger charge is 2.31. The predicted octanol–water partition coefficient (Wildman–Crippen LogP) is 1.40. The minimum absolute atomic E-state index is 0.0138. The van der Waals surface area contributed by atoms with Crippen LogP contribution in [0.2, 0.25) is 0 Å². The van der Waals surface area contributed by atoms with E-state index in [0.29, 0.717) is 5.56 Å². The molecular formula is C17H22N4O2. The van der Waals surface area contributed by atoms with E-state index >= 15 is 0 Å². The second-order valence-electron chi connectivity index (χ2n) is 5.74. The van der Waals surface area contributed by atoms with Gasteiger partial charge >= 0.3 is 0 Å². The molecule has 2 atom stereocenters. The van der Waals surface area contributed by atoms with Gasteiger partial charge in [-0.1, -0.05) is 12.1 Å². The summed E-state index contributed by atoms with van der Waals surface area (Å²) in [5, 5.41) is 6.17. The van der Waals surface area contributed by atoms with E-state index in [-0.39, 0.29) is 18.1 Å².